The summed E-state index contributed by atoms with van der Waals surface area (Å²) < 4.78 is 13.0. The van der Waals surface area contributed by atoms with E-state index in [0.29, 0.717) is 0 Å². The molecule has 3 heteroatoms. The van der Waals surface area contributed by atoms with Crippen molar-refractivity contribution in [3.05, 3.63) is 53.6 Å². The van der Waals surface area contributed by atoms with Crippen LogP contribution in [0.1, 0.15) is 11.1 Å². The Hall–Kier alpha value is -2.29. The third kappa shape index (κ3) is 2.27. The van der Waals surface area contributed by atoms with E-state index in [-0.39, 0.29) is 0 Å². The van der Waals surface area contributed by atoms with Crippen LogP contribution in [0.25, 0.3) is 0 Å². The minimum atomic E-state index is 0.877. The fourth-order valence-corrected chi connectivity index (χ4v) is 2.59. The second kappa shape index (κ2) is 5.37. The molecule has 0 aromatic heterocycles. The van der Waals surface area contributed by atoms with E-state index in [2.05, 4.69) is 29.0 Å². The molecule has 0 radical (unpaired) electrons. The van der Waals surface area contributed by atoms with E-state index in [1.54, 1.807) is 14.2 Å². The fourth-order valence-electron chi connectivity index (χ4n) is 2.59. The minimum Gasteiger partial charge on any atom is -0.497 e. The van der Waals surface area contributed by atoms with Gasteiger partial charge in [0.15, 0.2) is 12.8 Å². The van der Waals surface area contributed by atoms with E-state index in [4.69, 9.17) is 9.47 Å². The Morgan fingerprint density at radius 1 is 1.00 bits per heavy atom. The third-order valence-corrected chi connectivity index (χ3v) is 3.67. The Balaban J connectivity index is 2.05. The molecule has 0 aliphatic carbocycles. The first-order chi connectivity index (χ1) is 9.81. The summed E-state index contributed by atoms with van der Waals surface area (Å²) in [7, 11) is 3.41. The van der Waals surface area contributed by atoms with Gasteiger partial charge >= 0.3 is 0 Å². The van der Waals surface area contributed by atoms with E-state index in [1.807, 2.05) is 24.3 Å². The molecule has 1 aliphatic rings. The van der Waals surface area contributed by atoms with Crippen LogP contribution < -0.4 is 9.47 Å². The molecule has 0 spiro atoms. The standard InChI is InChI=1S/C17H18NO2/c1-19-15-7-4-6-14(11-15)18-10-9-13-5-3-8-17(20-2)16(13)12-18/h3-8,11-12H,9-10H2,1-2H3/q+1. The van der Waals surface area contributed by atoms with Gasteiger partial charge in [-0.25, -0.2) is 0 Å². The van der Waals surface area contributed by atoms with Crippen LogP contribution in [0.3, 0.4) is 0 Å². The zero-order chi connectivity index (χ0) is 13.9. The predicted octanol–water partition coefficient (Wildman–Crippen LogP) is 3.02. The molecule has 0 saturated carbocycles. The monoisotopic (exact) mass is 268 g/mol. The van der Waals surface area contributed by atoms with Gasteiger partial charge in [0.2, 0.25) is 5.69 Å². The average Bonchev–Trinajstić information content (AvgIpc) is 2.53. The molecule has 1 aliphatic heterocycles. The molecule has 0 N–H and O–H groups in total. The van der Waals surface area contributed by atoms with Crippen LogP contribution in [0.5, 0.6) is 11.5 Å². The fraction of sp³-hybridized carbons (Fsp3) is 0.235. The van der Waals surface area contributed by atoms with Crippen LogP contribution in [-0.4, -0.2) is 31.6 Å². The van der Waals surface area contributed by atoms with Crippen molar-refractivity contribution in [1.82, 2.24) is 0 Å². The van der Waals surface area contributed by atoms with E-state index in [0.717, 1.165) is 30.2 Å². The van der Waals surface area contributed by atoms with Crippen LogP contribution in [0.2, 0.25) is 0 Å². The number of rotatable bonds is 3. The lowest BCUT2D eigenvalue weighted by Gasteiger charge is -2.14. The van der Waals surface area contributed by atoms with Crippen molar-refractivity contribution in [2.24, 2.45) is 0 Å². The molecule has 3 rings (SSSR count). The molecule has 2 aromatic carbocycles. The Bertz CT molecular complexity index is 662. The minimum absolute atomic E-state index is 0.877. The van der Waals surface area contributed by atoms with Gasteiger partial charge in [-0.15, -0.1) is 0 Å². The normalized spacial score (nSPS) is 13.4. The van der Waals surface area contributed by atoms with Crippen LogP contribution in [-0.2, 0) is 6.42 Å². The second-order valence-corrected chi connectivity index (χ2v) is 4.81. The maximum absolute atomic E-state index is 5.46. The Morgan fingerprint density at radius 3 is 2.65 bits per heavy atom. The Morgan fingerprint density at radius 2 is 1.85 bits per heavy atom. The molecule has 0 bridgehead atoms. The third-order valence-electron chi connectivity index (χ3n) is 3.67. The van der Waals surface area contributed by atoms with Crippen LogP contribution in [0, 0.1) is 0 Å². The second-order valence-electron chi connectivity index (χ2n) is 4.81. The SMILES string of the molecule is COc1cccc([N+]2=Cc3c(cccc3OC)CC2)c1. The first kappa shape index (κ1) is 12.7. The van der Waals surface area contributed by atoms with Crippen molar-refractivity contribution < 1.29 is 14.0 Å². The first-order valence-corrected chi connectivity index (χ1v) is 6.73. The van der Waals surface area contributed by atoms with Gasteiger partial charge in [0.05, 0.1) is 25.8 Å². The smallest absolute Gasteiger partial charge is 0.208 e. The highest BCUT2D eigenvalue weighted by molar-refractivity contribution is 5.83. The topological polar surface area (TPSA) is 21.5 Å². The highest BCUT2D eigenvalue weighted by Gasteiger charge is 2.21. The number of nitrogens with zero attached hydrogens (tertiary/aromatic N) is 1. The molecule has 1 heterocycles. The summed E-state index contributed by atoms with van der Waals surface area (Å²) in [6, 6.07) is 14.3. The number of hydrogen-bond donors (Lipinski definition) is 0. The molecule has 2 aromatic rings. The predicted molar refractivity (Wildman–Crippen MR) is 79.6 cm³/mol. The Labute approximate surface area is 119 Å². The van der Waals surface area contributed by atoms with Gasteiger partial charge in [-0.2, -0.15) is 4.58 Å². The lowest BCUT2D eigenvalue weighted by atomic mass is 10.0. The molecule has 3 nitrogen and oxygen atoms in total. The summed E-state index contributed by atoms with van der Waals surface area (Å²) in [5.41, 5.74) is 3.65. The van der Waals surface area contributed by atoms with Gasteiger partial charge in [-0.05, 0) is 17.7 Å². The molecule has 0 amide bonds. The highest BCUT2D eigenvalue weighted by atomic mass is 16.5. The van der Waals surface area contributed by atoms with Crippen molar-refractivity contribution in [2.45, 2.75) is 6.42 Å². The van der Waals surface area contributed by atoms with Crippen molar-refractivity contribution in [2.75, 3.05) is 20.8 Å². The molecular formula is C17H18NO2+. The molecule has 102 valence electrons. The first-order valence-electron chi connectivity index (χ1n) is 6.73. The number of hydrogen-bond acceptors (Lipinski definition) is 2. The van der Waals surface area contributed by atoms with Crippen molar-refractivity contribution in [1.29, 1.82) is 0 Å². The van der Waals surface area contributed by atoms with Gasteiger partial charge in [0.1, 0.15) is 11.5 Å². The van der Waals surface area contributed by atoms with Gasteiger partial charge in [-0.3, -0.25) is 0 Å². The maximum atomic E-state index is 5.46. The zero-order valence-corrected chi connectivity index (χ0v) is 11.8. The number of benzene rings is 2. The van der Waals surface area contributed by atoms with Crippen LogP contribution >= 0.6 is 0 Å². The van der Waals surface area contributed by atoms with Gasteiger partial charge in [0, 0.05) is 12.5 Å². The van der Waals surface area contributed by atoms with Crippen molar-refractivity contribution >= 4 is 11.9 Å². The van der Waals surface area contributed by atoms with Gasteiger partial charge in [-0.1, -0.05) is 18.2 Å². The number of methoxy groups -OCH3 is 2. The van der Waals surface area contributed by atoms with Crippen LogP contribution in [0.15, 0.2) is 42.5 Å². The molecule has 20 heavy (non-hydrogen) atoms. The van der Waals surface area contributed by atoms with E-state index >= 15 is 0 Å². The molecule has 0 fully saturated rings. The van der Waals surface area contributed by atoms with Gasteiger partial charge < -0.3 is 9.47 Å². The summed E-state index contributed by atoms with van der Waals surface area (Å²) >= 11 is 0. The van der Waals surface area contributed by atoms with Gasteiger partial charge in [0.25, 0.3) is 0 Å². The summed E-state index contributed by atoms with van der Waals surface area (Å²) in [5, 5.41) is 0. The average molecular weight is 268 g/mol. The zero-order valence-electron chi connectivity index (χ0n) is 11.8. The van der Waals surface area contributed by atoms with Crippen molar-refractivity contribution in [3.8, 4) is 11.5 Å². The largest absolute Gasteiger partial charge is 0.497 e. The Kier molecular flexibility index (Phi) is 3.42. The quantitative estimate of drug-likeness (QED) is 0.798. The molecule has 0 saturated heterocycles. The molecular weight excluding hydrogens is 250 g/mol. The summed E-state index contributed by atoms with van der Waals surface area (Å²) in [5.74, 6) is 1.80. The summed E-state index contributed by atoms with van der Waals surface area (Å²) in [4.78, 5) is 0. The maximum Gasteiger partial charge on any atom is 0.208 e. The lowest BCUT2D eigenvalue weighted by Crippen LogP contribution is -2.19. The van der Waals surface area contributed by atoms with Crippen LogP contribution in [0.4, 0.5) is 5.69 Å². The molecule has 0 unspecified atom stereocenters. The number of fused-ring (bicyclic) bond motifs is 1. The van der Waals surface area contributed by atoms with E-state index in [1.165, 1.54) is 11.1 Å². The molecule has 0 atom stereocenters. The van der Waals surface area contributed by atoms with Crippen molar-refractivity contribution in [3.63, 3.8) is 0 Å². The summed E-state index contributed by atoms with van der Waals surface area (Å²) in [6.45, 7) is 0.966. The number of ether oxygens (including phenoxy) is 2. The summed E-state index contributed by atoms with van der Waals surface area (Å²) in [6.07, 6.45) is 3.17. The highest BCUT2D eigenvalue weighted by Crippen LogP contribution is 2.26. The van der Waals surface area contributed by atoms with E-state index < -0.39 is 0 Å². The lowest BCUT2D eigenvalue weighted by molar-refractivity contribution is -0.436. The van der Waals surface area contributed by atoms with E-state index in [9.17, 15) is 0 Å².